The molecule has 2 heterocycles. The molecule has 0 aromatic carbocycles. The summed E-state index contributed by atoms with van der Waals surface area (Å²) in [5.74, 6) is 0.779. The lowest BCUT2D eigenvalue weighted by molar-refractivity contribution is -0.134. The Kier molecular flexibility index (Phi) is 4.78. The van der Waals surface area contributed by atoms with E-state index in [0.29, 0.717) is 24.4 Å². The Morgan fingerprint density at radius 2 is 1.90 bits per heavy atom. The van der Waals surface area contributed by atoms with Crippen LogP contribution in [0.4, 0.5) is 24.1 Å². The van der Waals surface area contributed by atoms with Gasteiger partial charge in [0, 0.05) is 19.3 Å². The molecule has 20 heavy (non-hydrogen) atoms. The summed E-state index contributed by atoms with van der Waals surface area (Å²) in [6.45, 7) is 1.23. The molecule has 0 atom stereocenters. The summed E-state index contributed by atoms with van der Waals surface area (Å²) in [5, 5.41) is 6.27. The van der Waals surface area contributed by atoms with E-state index in [4.69, 9.17) is 0 Å². The van der Waals surface area contributed by atoms with E-state index in [-0.39, 0.29) is 5.13 Å². The second kappa shape index (κ2) is 6.56. The third-order valence-corrected chi connectivity index (χ3v) is 3.39. The van der Waals surface area contributed by atoms with Crippen molar-refractivity contribution in [1.29, 1.82) is 0 Å². The first kappa shape index (κ1) is 14.6. The lowest BCUT2D eigenvalue weighted by Gasteiger charge is -2.05. The summed E-state index contributed by atoms with van der Waals surface area (Å²) in [6, 6.07) is 5.55. The van der Waals surface area contributed by atoms with Crippen molar-refractivity contribution in [3.8, 4) is 0 Å². The fourth-order valence-electron chi connectivity index (χ4n) is 1.45. The van der Waals surface area contributed by atoms with Gasteiger partial charge in [-0.05, 0) is 18.6 Å². The third-order valence-electron chi connectivity index (χ3n) is 2.39. The largest absolute Gasteiger partial charge is 0.427 e. The van der Waals surface area contributed by atoms with Gasteiger partial charge in [0.25, 0.3) is 0 Å². The Hall–Kier alpha value is -1.83. The molecule has 4 nitrogen and oxygen atoms in total. The first-order valence-electron chi connectivity index (χ1n) is 5.97. The molecule has 0 bridgehead atoms. The van der Waals surface area contributed by atoms with Gasteiger partial charge >= 0.3 is 6.18 Å². The Balaban J connectivity index is 1.67. The van der Waals surface area contributed by atoms with Gasteiger partial charge in [0.15, 0.2) is 5.13 Å². The van der Waals surface area contributed by atoms with E-state index in [1.165, 1.54) is 0 Å². The van der Waals surface area contributed by atoms with Crippen molar-refractivity contribution in [3.63, 3.8) is 0 Å². The highest BCUT2D eigenvalue weighted by Gasteiger charge is 2.33. The molecule has 2 rings (SSSR count). The number of pyridine rings is 1. The molecule has 0 saturated heterocycles. The number of nitrogens with one attached hydrogen (secondary N) is 2. The summed E-state index contributed by atoms with van der Waals surface area (Å²) in [5.41, 5.74) is 0. The Labute approximate surface area is 118 Å². The highest BCUT2D eigenvalue weighted by atomic mass is 32.1. The molecule has 0 amide bonds. The van der Waals surface area contributed by atoms with Crippen LogP contribution < -0.4 is 10.6 Å². The summed E-state index contributed by atoms with van der Waals surface area (Å²) < 4.78 is 37.1. The summed E-state index contributed by atoms with van der Waals surface area (Å²) >= 11 is 0.614. The zero-order valence-electron chi connectivity index (χ0n) is 10.4. The normalized spacial score (nSPS) is 11.3. The summed E-state index contributed by atoms with van der Waals surface area (Å²) in [6.07, 6.45) is -1.04. The van der Waals surface area contributed by atoms with Crippen LogP contribution >= 0.6 is 11.3 Å². The quantitative estimate of drug-likeness (QED) is 0.802. The second-order valence-corrected chi connectivity index (χ2v) is 4.98. The predicted octanol–water partition coefficient (Wildman–Crippen LogP) is 3.47. The average Bonchev–Trinajstić information content (AvgIpc) is 2.88. The van der Waals surface area contributed by atoms with Crippen molar-refractivity contribution in [3.05, 3.63) is 35.5 Å². The molecule has 2 N–H and O–H groups in total. The molecular formula is C12H13F3N4S. The van der Waals surface area contributed by atoms with Gasteiger partial charge < -0.3 is 10.6 Å². The number of anilines is 2. The molecule has 2 aromatic rings. The van der Waals surface area contributed by atoms with Crippen molar-refractivity contribution in [1.82, 2.24) is 9.97 Å². The third kappa shape index (κ3) is 4.37. The fourth-order valence-corrected chi connectivity index (χ4v) is 2.16. The zero-order valence-corrected chi connectivity index (χ0v) is 11.3. The van der Waals surface area contributed by atoms with Crippen LogP contribution in [0.3, 0.4) is 0 Å². The van der Waals surface area contributed by atoms with E-state index in [2.05, 4.69) is 20.6 Å². The smallest absolute Gasteiger partial charge is 0.370 e. The van der Waals surface area contributed by atoms with E-state index in [1.807, 2.05) is 18.2 Å². The molecule has 8 heteroatoms. The molecular weight excluding hydrogens is 289 g/mol. The number of hydrogen-bond acceptors (Lipinski definition) is 5. The number of nitrogens with zero attached hydrogens (tertiary/aromatic N) is 2. The van der Waals surface area contributed by atoms with Crippen molar-refractivity contribution in [2.24, 2.45) is 0 Å². The van der Waals surface area contributed by atoms with Crippen molar-refractivity contribution < 1.29 is 13.2 Å². The zero-order chi connectivity index (χ0) is 14.4. The maximum Gasteiger partial charge on any atom is 0.427 e. The van der Waals surface area contributed by atoms with Gasteiger partial charge in [0.05, 0.1) is 6.20 Å². The number of thiazole rings is 1. The van der Waals surface area contributed by atoms with Gasteiger partial charge in [-0.2, -0.15) is 13.2 Å². The highest BCUT2D eigenvalue weighted by Crippen LogP contribution is 2.34. The van der Waals surface area contributed by atoms with Crippen LogP contribution in [0.1, 0.15) is 11.3 Å². The Morgan fingerprint density at radius 1 is 1.10 bits per heavy atom. The number of halogens is 3. The van der Waals surface area contributed by atoms with E-state index < -0.39 is 11.1 Å². The molecule has 0 aliphatic carbocycles. The molecule has 0 saturated carbocycles. The maximum absolute atomic E-state index is 12.4. The summed E-state index contributed by atoms with van der Waals surface area (Å²) in [7, 11) is 0. The monoisotopic (exact) mass is 302 g/mol. The molecule has 108 valence electrons. The summed E-state index contributed by atoms with van der Waals surface area (Å²) in [4.78, 5) is 7.10. The van der Waals surface area contributed by atoms with Gasteiger partial charge in [0.2, 0.25) is 0 Å². The van der Waals surface area contributed by atoms with Crippen molar-refractivity contribution >= 4 is 22.3 Å². The van der Waals surface area contributed by atoms with E-state index in [0.717, 1.165) is 18.4 Å². The Bertz CT molecular complexity index is 527. The minimum absolute atomic E-state index is 0.287. The van der Waals surface area contributed by atoms with Crippen molar-refractivity contribution in [2.75, 3.05) is 23.7 Å². The standard InChI is InChI=1S/C12H13F3N4S/c13-12(14,15)9-8-19-11(20-9)18-7-3-6-17-10-4-1-2-5-16-10/h1-2,4-5,8H,3,6-7H2,(H,16,17)(H,18,19). The van der Waals surface area contributed by atoms with Gasteiger partial charge in [-0.15, -0.1) is 0 Å². The fraction of sp³-hybridized carbons (Fsp3) is 0.333. The lowest BCUT2D eigenvalue weighted by Crippen LogP contribution is -2.09. The lowest BCUT2D eigenvalue weighted by atomic mass is 10.4. The minimum atomic E-state index is -4.32. The number of rotatable bonds is 6. The molecule has 0 radical (unpaired) electrons. The molecule has 2 aromatic heterocycles. The van der Waals surface area contributed by atoms with E-state index in [1.54, 1.807) is 6.20 Å². The average molecular weight is 302 g/mol. The molecule has 0 aliphatic rings. The van der Waals surface area contributed by atoms with Crippen LogP contribution in [0, 0.1) is 0 Å². The van der Waals surface area contributed by atoms with E-state index in [9.17, 15) is 13.2 Å². The SMILES string of the molecule is FC(F)(F)c1cnc(NCCCNc2ccccn2)s1. The van der Waals surface area contributed by atoms with Crippen LogP contribution in [0.15, 0.2) is 30.6 Å². The van der Waals surface area contributed by atoms with Gasteiger partial charge in [0.1, 0.15) is 10.7 Å². The molecule has 0 unspecified atom stereocenters. The minimum Gasteiger partial charge on any atom is -0.370 e. The van der Waals surface area contributed by atoms with Crippen LogP contribution in [0.2, 0.25) is 0 Å². The number of hydrogen-bond donors (Lipinski definition) is 2. The van der Waals surface area contributed by atoms with Crippen LogP contribution in [-0.2, 0) is 6.18 Å². The topological polar surface area (TPSA) is 49.8 Å². The van der Waals surface area contributed by atoms with Gasteiger partial charge in [-0.25, -0.2) is 9.97 Å². The number of alkyl halides is 3. The van der Waals surface area contributed by atoms with Crippen LogP contribution in [0.5, 0.6) is 0 Å². The first-order chi connectivity index (χ1) is 9.55. The highest BCUT2D eigenvalue weighted by molar-refractivity contribution is 7.15. The van der Waals surface area contributed by atoms with Crippen LogP contribution in [-0.4, -0.2) is 23.1 Å². The second-order valence-electron chi connectivity index (χ2n) is 3.95. The molecule has 0 spiro atoms. The molecule has 0 fully saturated rings. The van der Waals surface area contributed by atoms with Crippen molar-refractivity contribution in [2.45, 2.75) is 12.6 Å². The van der Waals surface area contributed by atoms with Gasteiger partial charge in [-0.3, -0.25) is 0 Å². The van der Waals surface area contributed by atoms with Gasteiger partial charge in [-0.1, -0.05) is 17.4 Å². The van der Waals surface area contributed by atoms with E-state index >= 15 is 0 Å². The molecule has 0 aliphatic heterocycles. The predicted molar refractivity (Wildman–Crippen MR) is 72.9 cm³/mol. The number of aromatic nitrogens is 2. The van der Waals surface area contributed by atoms with Crippen LogP contribution in [0.25, 0.3) is 0 Å². The maximum atomic E-state index is 12.4. The Morgan fingerprint density at radius 3 is 2.55 bits per heavy atom. The first-order valence-corrected chi connectivity index (χ1v) is 6.79.